The van der Waals surface area contributed by atoms with E-state index in [0.29, 0.717) is 5.92 Å². The zero-order chi connectivity index (χ0) is 21.1. The summed E-state index contributed by atoms with van der Waals surface area (Å²) < 4.78 is 2.18. The van der Waals surface area contributed by atoms with Crippen LogP contribution in [0.25, 0.3) is 0 Å². The van der Waals surface area contributed by atoms with E-state index in [1.165, 1.54) is 16.7 Å². The number of aromatic nitrogens is 1. The Balaban J connectivity index is 1.98. The van der Waals surface area contributed by atoms with Crippen molar-refractivity contribution in [3.8, 4) is 0 Å². The van der Waals surface area contributed by atoms with Crippen molar-refractivity contribution in [1.82, 2.24) is 4.57 Å². The van der Waals surface area contributed by atoms with E-state index in [0.717, 1.165) is 34.2 Å². The second kappa shape index (κ2) is 8.60. The summed E-state index contributed by atoms with van der Waals surface area (Å²) in [5.41, 5.74) is 9.99. The predicted octanol–water partition coefficient (Wildman–Crippen LogP) is 7.05. The summed E-state index contributed by atoms with van der Waals surface area (Å²) in [6.45, 7) is 12.8. The molecular weight excluding hydrogens is 354 g/mol. The molecule has 0 saturated heterocycles. The van der Waals surface area contributed by atoms with Crippen molar-refractivity contribution >= 4 is 22.8 Å². The molecule has 0 N–H and O–H groups in total. The molecule has 0 unspecified atom stereocenters. The van der Waals surface area contributed by atoms with Gasteiger partial charge in [-0.2, -0.15) is 0 Å². The average molecular weight is 386 g/mol. The highest BCUT2D eigenvalue weighted by Gasteiger charge is 2.12. The zero-order valence-electron chi connectivity index (χ0n) is 18.6. The van der Waals surface area contributed by atoms with Gasteiger partial charge in [0.15, 0.2) is 0 Å². The smallest absolute Gasteiger partial charge is 0.0692 e. The molecule has 3 nitrogen and oxygen atoms in total. The van der Waals surface area contributed by atoms with Crippen LogP contribution in [0.3, 0.4) is 0 Å². The third-order valence-electron chi connectivity index (χ3n) is 5.43. The van der Waals surface area contributed by atoms with Gasteiger partial charge in [0.1, 0.15) is 0 Å². The van der Waals surface area contributed by atoms with Crippen LogP contribution in [0.5, 0.6) is 0 Å². The summed E-state index contributed by atoms with van der Waals surface area (Å²) in [4.78, 5) is 9.89. The number of rotatable bonds is 5. The highest BCUT2D eigenvalue weighted by atomic mass is 15.0. The first-order valence-electron chi connectivity index (χ1n) is 10.2. The summed E-state index contributed by atoms with van der Waals surface area (Å²) in [5.74, 6) is 0.443. The lowest BCUT2D eigenvalue weighted by atomic mass is 10.0. The Morgan fingerprint density at radius 3 is 1.90 bits per heavy atom. The maximum absolute atomic E-state index is 4.95. The van der Waals surface area contributed by atoms with Crippen LogP contribution in [0.1, 0.15) is 61.7 Å². The molecule has 3 heteroatoms. The van der Waals surface area contributed by atoms with Gasteiger partial charge in [0.2, 0.25) is 0 Å². The summed E-state index contributed by atoms with van der Waals surface area (Å²) in [5, 5.41) is 0. The fourth-order valence-electron chi connectivity index (χ4n) is 3.76. The molecule has 0 spiro atoms. The molecular formula is C26H31N3. The maximum atomic E-state index is 4.95. The number of hydrogen-bond acceptors (Lipinski definition) is 2. The molecule has 29 heavy (non-hydrogen) atoms. The van der Waals surface area contributed by atoms with E-state index < -0.39 is 0 Å². The lowest BCUT2D eigenvalue weighted by Crippen LogP contribution is -2.09. The topological polar surface area (TPSA) is 29.6 Å². The van der Waals surface area contributed by atoms with E-state index in [-0.39, 0.29) is 0 Å². The van der Waals surface area contributed by atoms with Crippen LogP contribution in [0.15, 0.2) is 64.6 Å². The highest BCUT2D eigenvalue weighted by molar-refractivity contribution is 6.04. The standard InChI is InChI=1S/C26H31N3/c1-17(2)22-13-8-9-14-23(22)27-20(5)24-15-16-25(29(24)7)21(6)28-26-18(3)11-10-12-19(26)4/h8-17H,1-7H3. The lowest BCUT2D eigenvalue weighted by molar-refractivity contribution is 0.866. The third-order valence-corrected chi connectivity index (χ3v) is 5.43. The molecule has 1 heterocycles. The largest absolute Gasteiger partial charge is 0.342 e. The SMILES string of the molecule is CC(=Nc1ccccc1C(C)C)c1ccc(C(C)=Nc2c(C)cccc2C)n1C. The molecule has 3 aromatic rings. The van der Waals surface area contributed by atoms with E-state index in [9.17, 15) is 0 Å². The monoisotopic (exact) mass is 385 g/mol. The van der Waals surface area contributed by atoms with Gasteiger partial charge >= 0.3 is 0 Å². The second-order valence-corrected chi connectivity index (χ2v) is 8.01. The summed E-state index contributed by atoms with van der Waals surface area (Å²) in [6.07, 6.45) is 0. The van der Waals surface area contributed by atoms with Gasteiger partial charge in [-0.15, -0.1) is 0 Å². The predicted molar refractivity (Wildman–Crippen MR) is 126 cm³/mol. The molecule has 3 rings (SSSR count). The van der Waals surface area contributed by atoms with Gasteiger partial charge in [0.25, 0.3) is 0 Å². The van der Waals surface area contributed by atoms with Crippen LogP contribution in [-0.4, -0.2) is 16.0 Å². The normalized spacial score (nSPS) is 12.7. The van der Waals surface area contributed by atoms with Gasteiger partial charge in [-0.05, 0) is 68.5 Å². The zero-order valence-corrected chi connectivity index (χ0v) is 18.6. The van der Waals surface area contributed by atoms with Gasteiger partial charge in [-0.1, -0.05) is 50.2 Å². The van der Waals surface area contributed by atoms with Crippen LogP contribution in [0, 0.1) is 13.8 Å². The molecule has 0 bridgehead atoms. The Morgan fingerprint density at radius 2 is 1.31 bits per heavy atom. The lowest BCUT2D eigenvalue weighted by Gasteiger charge is -2.12. The number of para-hydroxylation sites is 2. The molecule has 0 fully saturated rings. The van der Waals surface area contributed by atoms with Crippen molar-refractivity contribution in [2.45, 2.75) is 47.5 Å². The molecule has 150 valence electrons. The molecule has 0 aliphatic heterocycles. The first-order chi connectivity index (χ1) is 13.8. The quantitative estimate of drug-likeness (QED) is 0.421. The first kappa shape index (κ1) is 20.8. The Bertz CT molecular complexity index is 1060. The van der Waals surface area contributed by atoms with Crippen molar-refractivity contribution in [2.24, 2.45) is 17.0 Å². The molecule has 0 atom stereocenters. The molecule has 2 aromatic carbocycles. The van der Waals surface area contributed by atoms with E-state index in [2.05, 4.69) is 108 Å². The van der Waals surface area contributed by atoms with Crippen LogP contribution >= 0.6 is 0 Å². The summed E-state index contributed by atoms with van der Waals surface area (Å²) >= 11 is 0. The molecule has 0 amide bonds. The van der Waals surface area contributed by atoms with Gasteiger partial charge in [-0.3, -0.25) is 9.98 Å². The van der Waals surface area contributed by atoms with Crippen LogP contribution in [0.2, 0.25) is 0 Å². The minimum atomic E-state index is 0.443. The van der Waals surface area contributed by atoms with E-state index in [4.69, 9.17) is 9.98 Å². The third kappa shape index (κ3) is 4.40. The number of aliphatic imine (C=N–C) groups is 2. The summed E-state index contributed by atoms with van der Waals surface area (Å²) in [6, 6.07) is 19.0. The first-order valence-corrected chi connectivity index (χ1v) is 10.2. The number of aryl methyl sites for hydroxylation is 2. The van der Waals surface area contributed by atoms with Crippen LogP contribution in [-0.2, 0) is 7.05 Å². The Hall–Kier alpha value is -2.94. The van der Waals surface area contributed by atoms with Crippen molar-refractivity contribution in [3.05, 3.63) is 82.7 Å². The molecule has 0 saturated carbocycles. The average Bonchev–Trinajstić information content (AvgIpc) is 3.06. The maximum Gasteiger partial charge on any atom is 0.0692 e. The number of benzene rings is 2. The Kier molecular flexibility index (Phi) is 6.17. The van der Waals surface area contributed by atoms with E-state index in [1.54, 1.807) is 0 Å². The van der Waals surface area contributed by atoms with Crippen LogP contribution < -0.4 is 0 Å². The van der Waals surface area contributed by atoms with Crippen LogP contribution in [0.4, 0.5) is 11.4 Å². The second-order valence-electron chi connectivity index (χ2n) is 8.01. The number of nitrogens with zero attached hydrogens (tertiary/aromatic N) is 3. The fourth-order valence-corrected chi connectivity index (χ4v) is 3.76. The fraction of sp³-hybridized carbons (Fsp3) is 0.308. The van der Waals surface area contributed by atoms with Gasteiger partial charge in [-0.25, -0.2) is 0 Å². The van der Waals surface area contributed by atoms with Crippen molar-refractivity contribution in [2.75, 3.05) is 0 Å². The van der Waals surface area contributed by atoms with Crippen molar-refractivity contribution in [1.29, 1.82) is 0 Å². The number of hydrogen-bond donors (Lipinski definition) is 0. The molecule has 1 aromatic heterocycles. The molecule has 0 aliphatic carbocycles. The van der Waals surface area contributed by atoms with E-state index >= 15 is 0 Å². The van der Waals surface area contributed by atoms with Crippen molar-refractivity contribution in [3.63, 3.8) is 0 Å². The minimum Gasteiger partial charge on any atom is -0.342 e. The highest BCUT2D eigenvalue weighted by Crippen LogP contribution is 2.28. The Morgan fingerprint density at radius 1 is 0.759 bits per heavy atom. The van der Waals surface area contributed by atoms with Crippen molar-refractivity contribution < 1.29 is 0 Å². The van der Waals surface area contributed by atoms with Gasteiger partial charge in [0.05, 0.1) is 34.2 Å². The van der Waals surface area contributed by atoms with Gasteiger partial charge < -0.3 is 4.57 Å². The van der Waals surface area contributed by atoms with E-state index in [1.807, 2.05) is 0 Å². The molecule has 0 radical (unpaired) electrons. The molecule has 0 aliphatic rings. The summed E-state index contributed by atoms with van der Waals surface area (Å²) in [7, 11) is 2.09. The van der Waals surface area contributed by atoms with Gasteiger partial charge in [0, 0.05) is 7.05 Å². The Labute approximate surface area is 174 Å². The minimum absolute atomic E-state index is 0.443.